The number of nitrogens with zero attached hydrogens (tertiary/aromatic N) is 2. The number of piperazine rings is 1. The van der Waals surface area contributed by atoms with Crippen LogP contribution in [0.25, 0.3) is 0 Å². The number of carbonyl (C=O) groups excluding carboxylic acids is 1. The van der Waals surface area contributed by atoms with E-state index in [-0.39, 0.29) is 24.1 Å². The van der Waals surface area contributed by atoms with Crippen molar-refractivity contribution in [2.75, 3.05) is 36.8 Å². The van der Waals surface area contributed by atoms with E-state index in [1.54, 1.807) is 35.2 Å². The first-order chi connectivity index (χ1) is 10.7. The molecule has 2 aromatic rings. The van der Waals surface area contributed by atoms with Crippen LogP contribution in [0, 0.1) is 5.82 Å². The van der Waals surface area contributed by atoms with Gasteiger partial charge in [-0.1, -0.05) is 24.3 Å². The fourth-order valence-corrected chi connectivity index (χ4v) is 2.72. The average molecular weight is 336 g/mol. The molecule has 1 amide bonds. The van der Waals surface area contributed by atoms with E-state index in [0.29, 0.717) is 43.1 Å². The molecule has 0 unspecified atom stereocenters. The number of para-hydroxylation sites is 2. The zero-order valence-corrected chi connectivity index (χ0v) is 13.4. The number of nitrogens with two attached hydrogens (primary N) is 1. The lowest BCUT2D eigenvalue weighted by Crippen LogP contribution is -2.49. The van der Waals surface area contributed by atoms with E-state index in [2.05, 4.69) is 0 Å². The molecule has 0 radical (unpaired) electrons. The Morgan fingerprint density at radius 3 is 2.22 bits per heavy atom. The molecule has 122 valence electrons. The van der Waals surface area contributed by atoms with Gasteiger partial charge in [0.1, 0.15) is 5.82 Å². The maximum absolute atomic E-state index is 13.8. The van der Waals surface area contributed by atoms with E-state index in [4.69, 9.17) is 5.73 Å². The standard InChI is InChI=1S/C17H18FN3O.ClH/c18-14-6-2-4-8-16(14)20-9-11-21(12-10-20)17(22)13-5-1-3-7-15(13)19;/h1-8H,9-12,19H2;1H. The zero-order valence-electron chi connectivity index (χ0n) is 12.6. The van der Waals surface area contributed by atoms with Crippen LogP contribution in [-0.2, 0) is 0 Å². The van der Waals surface area contributed by atoms with E-state index in [1.807, 2.05) is 17.0 Å². The molecular formula is C17H19ClFN3O. The van der Waals surface area contributed by atoms with Crippen molar-refractivity contribution in [3.05, 3.63) is 59.9 Å². The average Bonchev–Trinajstić information content (AvgIpc) is 2.55. The molecule has 2 aromatic carbocycles. The summed E-state index contributed by atoms with van der Waals surface area (Å²) in [6.45, 7) is 2.34. The molecule has 1 heterocycles. The van der Waals surface area contributed by atoms with Gasteiger partial charge in [-0.25, -0.2) is 4.39 Å². The lowest BCUT2D eigenvalue weighted by Gasteiger charge is -2.36. The Kier molecular flexibility index (Phi) is 5.45. The largest absolute Gasteiger partial charge is 0.398 e. The molecule has 1 aliphatic rings. The van der Waals surface area contributed by atoms with Crippen molar-refractivity contribution in [3.63, 3.8) is 0 Å². The Morgan fingerprint density at radius 1 is 0.957 bits per heavy atom. The molecule has 1 aliphatic heterocycles. The van der Waals surface area contributed by atoms with E-state index in [0.717, 1.165) is 0 Å². The second-order valence-corrected chi connectivity index (χ2v) is 5.32. The quantitative estimate of drug-likeness (QED) is 0.859. The molecule has 3 rings (SSSR count). The Labute approximate surface area is 141 Å². The van der Waals surface area contributed by atoms with Gasteiger partial charge >= 0.3 is 0 Å². The number of benzene rings is 2. The van der Waals surface area contributed by atoms with Crippen LogP contribution in [-0.4, -0.2) is 37.0 Å². The van der Waals surface area contributed by atoms with Gasteiger partial charge in [0.05, 0.1) is 11.3 Å². The number of hydrogen-bond donors (Lipinski definition) is 1. The predicted molar refractivity (Wildman–Crippen MR) is 92.6 cm³/mol. The third-order valence-corrected chi connectivity index (χ3v) is 3.95. The molecule has 0 spiro atoms. The summed E-state index contributed by atoms with van der Waals surface area (Å²) in [4.78, 5) is 16.2. The fraction of sp³-hybridized carbons (Fsp3) is 0.235. The summed E-state index contributed by atoms with van der Waals surface area (Å²) in [5, 5.41) is 0. The number of anilines is 2. The summed E-state index contributed by atoms with van der Waals surface area (Å²) in [6.07, 6.45) is 0. The summed E-state index contributed by atoms with van der Waals surface area (Å²) in [6, 6.07) is 13.8. The topological polar surface area (TPSA) is 49.6 Å². The van der Waals surface area contributed by atoms with Gasteiger partial charge in [-0.2, -0.15) is 0 Å². The van der Waals surface area contributed by atoms with Crippen molar-refractivity contribution in [2.45, 2.75) is 0 Å². The van der Waals surface area contributed by atoms with Crippen LogP contribution < -0.4 is 10.6 Å². The molecule has 23 heavy (non-hydrogen) atoms. The van der Waals surface area contributed by atoms with Gasteiger partial charge in [-0.15, -0.1) is 12.4 Å². The molecule has 2 N–H and O–H groups in total. The van der Waals surface area contributed by atoms with Crippen molar-refractivity contribution >= 4 is 29.7 Å². The third kappa shape index (κ3) is 3.56. The van der Waals surface area contributed by atoms with Gasteiger partial charge in [0, 0.05) is 31.9 Å². The Hall–Kier alpha value is -2.27. The van der Waals surface area contributed by atoms with Gasteiger partial charge in [-0.3, -0.25) is 4.79 Å². The summed E-state index contributed by atoms with van der Waals surface area (Å²) in [5.74, 6) is -0.291. The Morgan fingerprint density at radius 2 is 1.57 bits per heavy atom. The van der Waals surface area contributed by atoms with Crippen LogP contribution in [0.4, 0.5) is 15.8 Å². The molecule has 1 fully saturated rings. The van der Waals surface area contributed by atoms with Gasteiger partial charge in [0.2, 0.25) is 0 Å². The number of nitrogen functional groups attached to an aromatic ring is 1. The zero-order chi connectivity index (χ0) is 15.5. The molecule has 0 aliphatic carbocycles. The monoisotopic (exact) mass is 335 g/mol. The smallest absolute Gasteiger partial charge is 0.256 e. The summed E-state index contributed by atoms with van der Waals surface area (Å²) in [7, 11) is 0. The van der Waals surface area contributed by atoms with Crippen LogP contribution in [0.3, 0.4) is 0 Å². The number of hydrogen-bond acceptors (Lipinski definition) is 3. The van der Waals surface area contributed by atoms with Gasteiger partial charge in [0.15, 0.2) is 0 Å². The molecular weight excluding hydrogens is 317 g/mol. The molecule has 4 nitrogen and oxygen atoms in total. The normalized spacial score (nSPS) is 14.3. The minimum Gasteiger partial charge on any atom is -0.398 e. The van der Waals surface area contributed by atoms with Crippen LogP contribution in [0.5, 0.6) is 0 Å². The van der Waals surface area contributed by atoms with Crippen LogP contribution in [0.1, 0.15) is 10.4 Å². The highest BCUT2D eigenvalue weighted by Crippen LogP contribution is 2.21. The lowest BCUT2D eigenvalue weighted by molar-refractivity contribution is 0.0747. The molecule has 6 heteroatoms. The molecule has 1 saturated heterocycles. The van der Waals surface area contributed by atoms with Crippen molar-refractivity contribution in [3.8, 4) is 0 Å². The first-order valence-corrected chi connectivity index (χ1v) is 7.30. The lowest BCUT2D eigenvalue weighted by atomic mass is 10.1. The Balaban J connectivity index is 0.00000192. The highest BCUT2D eigenvalue weighted by Gasteiger charge is 2.24. The minimum absolute atomic E-state index is 0. The van der Waals surface area contributed by atoms with Crippen molar-refractivity contribution in [2.24, 2.45) is 0 Å². The fourth-order valence-electron chi connectivity index (χ4n) is 2.72. The van der Waals surface area contributed by atoms with E-state index >= 15 is 0 Å². The molecule has 0 saturated carbocycles. The number of halogens is 2. The summed E-state index contributed by atoms with van der Waals surface area (Å²) >= 11 is 0. The molecule has 0 bridgehead atoms. The second kappa shape index (κ2) is 7.33. The number of rotatable bonds is 2. The predicted octanol–water partition coefficient (Wildman–Crippen LogP) is 2.79. The van der Waals surface area contributed by atoms with E-state index in [9.17, 15) is 9.18 Å². The number of amides is 1. The summed E-state index contributed by atoms with van der Waals surface area (Å²) in [5.41, 5.74) is 7.47. The van der Waals surface area contributed by atoms with Crippen LogP contribution >= 0.6 is 12.4 Å². The Bertz CT molecular complexity index is 687. The first kappa shape index (κ1) is 17.1. The summed E-state index contributed by atoms with van der Waals surface area (Å²) < 4.78 is 13.8. The van der Waals surface area contributed by atoms with Crippen LogP contribution in [0.2, 0.25) is 0 Å². The van der Waals surface area contributed by atoms with Crippen LogP contribution in [0.15, 0.2) is 48.5 Å². The highest BCUT2D eigenvalue weighted by atomic mass is 35.5. The van der Waals surface area contributed by atoms with E-state index < -0.39 is 0 Å². The maximum Gasteiger partial charge on any atom is 0.256 e. The van der Waals surface area contributed by atoms with Crippen molar-refractivity contribution in [1.29, 1.82) is 0 Å². The minimum atomic E-state index is -0.227. The third-order valence-electron chi connectivity index (χ3n) is 3.95. The molecule has 0 aromatic heterocycles. The van der Waals surface area contributed by atoms with Gasteiger partial charge in [0.25, 0.3) is 5.91 Å². The SMILES string of the molecule is Cl.Nc1ccccc1C(=O)N1CCN(c2ccccc2F)CC1. The molecule has 0 atom stereocenters. The van der Waals surface area contributed by atoms with E-state index in [1.165, 1.54) is 6.07 Å². The second-order valence-electron chi connectivity index (χ2n) is 5.32. The maximum atomic E-state index is 13.8. The first-order valence-electron chi connectivity index (χ1n) is 7.30. The van der Waals surface area contributed by atoms with Crippen molar-refractivity contribution in [1.82, 2.24) is 4.90 Å². The van der Waals surface area contributed by atoms with Gasteiger partial charge < -0.3 is 15.5 Å². The number of carbonyl (C=O) groups is 1. The highest BCUT2D eigenvalue weighted by molar-refractivity contribution is 5.99. The van der Waals surface area contributed by atoms with Gasteiger partial charge in [-0.05, 0) is 24.3 Å². The van der Waals surface area contributed by atoms with Crippen molar-refractivity contribution < 1.29 is 9.18 Å².